The normalized spacial score (nSPS) is 11.8. The molecule has 1 aromatic heterocycles. The lowest BCUT2D eigenvalue weighted by atomic mass is 10.2. The molecule has 1 N–H and O–H groups in total. The highest BCUT2D eigenvalue weighted by Gasteiger charge is 2.20. The maximum atomic E-state index is 12.5. The molecule has 0 radical (unpaired) electrons. The van der Waals surface area contributed by atoms with E-state index in [0.29, 0.717) is 17.3 Å². The van der Waals surface area contributed by atoms with E-state index in [2.05, 4.69) is 15.5 Å². The van der Waals surface area contributed by atoms with Crippen molar-refractivity contribution in [3.63, 3.8) is 0 Å². The number of carbonyl (C=O) groups excluding carboxylic acids is 1. The number of amides is 1. The summed E-state index contributed by atoms with van der Waals surface area (Å²) < 4.78 is 5.80. The summed E-state index contributed by atoms with van der Waals surface area (Å²) in [5.41, 5.74) is 3.31. The number of benzene rings is 2. The maximum Gasteiger partial charge on any atom is 0.267 e. The molecule has 1 amide bonds. The molecule has 0 aliphatic rings. The average molecular weight is 367 g/mol. The zero-order valence-corrected chi connectivity index (χ0v) is 15.8. The van der Waals surface area contributed by atoms with Gasteiger partial charge in [-0.3, -0.25) is 10.1 Å². The Labute approximate surface area is 157 Å². The molecule has 0 aliphatic heterocycles. The Morgan fingerprint density at radius 2 is 1.65 bits per heavy atom. The summed E-state index contributed by atoms with van der Waals surface area (Å²) in [5.74, 6) is 0.454. The number of anilines is 1. The summed E-state index contributed by atoms with van der Waals surface area (Å²) >= 11 is 1.35. The molecule has 134 valence electrons. The van der Waals surface area contributed by atoms with E-state index in [9.17, 15) is 4.79 Å². The van der Waals surface area contributed by atoms with Gasteiger partial charge >= 0.3 is 0 Å². The molecule has 0 unspecified atom stereocenters. The molecule has 5 nitrogen and oxygen atoms in total. The van der Waals surface area contributed by atoms with Gasteiger partial charge in [-0.1, -0.05) is 65.8 Å². The largest absolute Gasteiger partial charge is 0.481 e. The first-order valence-corrected chi connectivity index (χ1v) is 9.31. The third-order valence-electron chi connectivity index (χ3n) is 3.92. The first kappa shape index (κ1) is 18.1. The number of hydrogen-bond acceptors (Lipinski definition) is 5. The molecular formula is C20H21N3O2S. The number of ether oxygens (including phenoxy) is 1. The van der Waals surface area contributed by atoms with Gasteiger partial charge in [0.15, 0.2) is 6.10 Å². The van der Waals surface area contributed by atoms with E-state index in [-0.39, 0.29) is 5.91 Å². The van der Waals surface area contributed by atoms with Gasteiger partial charge in [-0.05, 0) is 32.4 Å². The molecule has 0 fully saturated rings. The lowest BCUT2D eigenvalue weighted by Gasteiger charge is -2.16. The first-order valence-electron chi connectivity index (χ1n) is 8.50. The number of aryl methyl sites for hydroxylation is 2. The third kappa shape index (κ3) is 4.46. The zero-order chi connectivity index (χ0) is 18.5. The second-order valence-corrected chi connectivity index (χ2v) is 7.07. The fourth-order valence-electron chi connectivity index (χ4n) is 2.38. The van der Waals surface area contributed by atoms with E-state index in [4.69, 9.17) is 4.74 Å². The maximum absolute atomic E-state index is 12.5. The Hall–Kier alpha value is -2.73. The summed E-state index contributed by atoms with van der Waals surface area (Å²) in [4.78, 5) is 12.5. The highest BCUT2D eigenvalue weighted by Crippen LogP contribution is 2.26. The predicted octanol–water partition coefficient (Wildman–Crippen LogP) is 4.62. The molecule has 0 aliphatic carbocycles. The summed E-state index contributed by atoms with van der Waals surface area (Å²) in [6.07, 6.45) is -0.0204. The van der Waals surface area contributed by atoms with Crippen molar-refractivity contribution >= 4 is 22.4 Å². The monoisotopic (exact) mass is 367 g/mol. The van der Waals surface area contributed by atoms with Crippen LogP contribution in [0.1, 0.15) is 24.5 Å². The number of rotatable bonds is 6. The number of nitrogens with zero attached hydrogens (tertiary/aromatic N) is 2. The average Bonchev–Trinajstić information content (AvgIpc) is 3.10. The summed E-state index contributed by atoms with van der Waals surface area (Å²) in [6, 6.07) is 15.7. The van der Waals surface area contributed by atoms with Crippen LogP contribution in [0.25, 0.3) is 10.6 Å². The lowest BCUT2D eigenvalue weighted by Crippen LogP contribution is -2.32. The molecule has 0 saturated carbocycles. The first-order chi connectivity index (χ1) is 12.5. The van der Waals surface area contributed by atoms with E-state index in [1.54, 1.807) is 0 Å². The van der Waals surface area contributed by atoms with E-state index in [0.717, 1.165) is 16.1 Å². The van der Waals surface area contributed by atoms with Crippen LogP contribution in [0.4, 0.5) is 5.13 Å². The van der Waals surface area contributed by atoms with Crippen LogP contribution in [0, 0.1) is 13.8 Å². The third-order valence-corrected chi connectivity index (χ3v) is 4.80. The number of nitrogens with one attached hydrogen (secondary N) is 1. The topological polar surface area (TPSA) is 64.1 Å². The molecule has 0 saturated heterocycles. The van der Waals surface area contributed by atoms with E-state index < -0.39 is 6.10 Å². The van der Waals surface area contributed by atoms with Crippen LogP contribution in [-0.2, 0) is 4.79 Å². The smallest absolute Gasteiger partial charge is 0.267 e. The van der Waals surface area contributed by atoms with Crippen LogP contribution in [-0.4, -0.2) is 22.2 Å². The predicted molar refractivity (Wildman–Crippen MR) is 105 cm³/mol. The second-order valence-electron chi connectivity index (χ2n) is 6.10. The molecule has 0 spiro atoms. The Morgan fingerprint density at radius 3 is 2.27 bits per heavy atom. The fraction of sp³-hybridized carbons (Fsp3) is 0.250. The molecule has 1 atom stereocenters. The molecular weight excluding hydrogens is 346 g/mol. The highest BCUT2D eigenvalue weighted by atomic mass is 32.1. The Balaban J connectivity index is 1.66. The van der Waals surface area contributed by atoms with E-state index in [1.165, 1.54) is 16.9 Å². The molecule has 3 rings (SSSR count). The van der Waals surface area contributed by atoms with Crippen LogP contribution in [0.3, 0.4) is 0 Å². The minimum Gasteiger partial charge on any atom is -0.481 e. The van der Waals surface area contributed by atoms with Gasteiger partial charge in [-0.2, -0.15) is 0 Å². The van der Waals surface area contributed by atoms with Crippen LogP contribution in [0.2, 0.25) is 0 Å². The molecule has 1 heterocycles. The van der Waals surface area contributed by atoms with Crippen molar-refractivity contribution in [2.75, 3.05) is 5.32 Å². The lowest BCUT2D eigenvalue weighted by molar-refractivity contribution is -0.122. The van der Waals surface area contributed by atoms with Crippen LogP contribution in [0.5, 0.6) is 5.75 Å². The quantitative estimate of drug-likeness (QED) is 0.690. The van der Waals surface area contributed by atoms with Crippen molar-refractivity contribution < 1.29 is 9.53 Å². The molecule has 26 heavy (non-hydrogen) atoms. The SMILES string of the molecule is CC[C@H](Oc1ccc(C)cc1)C(=O)Nc1nnc(-c2ccc(C)cc2)s1. The Morgan fingerprint density at radius 1 is 1.04 bits per heavy atom. The molecule has 3 aromatic rings. The standard InChI is InChI=1S/C20H21N3O2S/c1-4-17(25-16-11-7-14(3)8-12-16)18(24)21-20-23-22-19(26-20)15-9-5-13(2)6-10-15/h5-12,17H,4H2,1-3H3,(H,21,23,24)/t17-/m0/s1. The fourth-order valence-corrected chi connectivity index (χ4v) is 3.13. The van der Waals surface area contributed by atoms with Gasteiger partial charge in [0.2, 0.25) is 5.13 Å². The van der Waals surface area contributed by atoms with E-state index in [1.807, 2.05) is 69.3 Å². The minimum atomic E-state index is -0.579. The van der Waals surface area contributed by atoms with Gasteiger partial charge < -0.3 is 4.74 Å². The second kappa shape index (κ2) is 8.10. The van der Waals surface area contributed by atoms with Crippen molar-refractivity contribution in [3.05, 3.63) is 59.7 Å². The zero-order valence-electron chi connectivity index (χ0n) is 15.0. The summed E-state index contributed by atoms with van der Waals surface area (Å²) in [6.45, 7) is 5.96. The minimum absolute atomic E-state index is 0.223. The van der Waals surface area contributed by atoms with Gasteiger partial charge in [-0.15, -0.1) is 10.2 Å². The number of hydrogen-bond donors (Lipinski definition) is 1. The van der Waals surface area contributed by atoms with Gasteiger partial charge in [0.25, 0.3) is 5.91 Å². The van der Waals surface area contributed by atoms with Gasteiger partial charge in [0, 0.05) is 5.56 Å². The number of carbonyl (C=O) groups is 1. The Bertz CT molecular complexity index is 873. The highest BCUT2D eigenvalue weighted by molar-refractivity contribution is 7.18. The van der Waals surface area contributed by atoms with Gasteiger partial charge in [-0.25, -0.2) is 0 Å². The van der Waals surface area contributed by atoms with E-state index >= 15 is 0 Å². The van der Waals surface area contributed by atoms with Crippen LogP contribution in [0.15, 0.2) is 48.5 Å². The summed E-state index contributed by atoms with van der Waals surface area (Å²) in [7, 11) is 0. The van der Waals surface area contributed by atoms with Crippen molar-refractivity contribution in [1.29, 1.82) is 0 Å². The van der Waals surface area contributed by atoms with Crippen molar-refractivity contribution in [1.82, 2.24) is 10.2 Å². The van der Waals surface area contributed by atoms with Gasteiger partial charge in [0.1, 0.15) is 10.8 Å². The number of aromatic nitrogens is 2. The Kier molecular flexibility index (Phi) is 5.63. The molecule has 2 aromatic carbocycles. The van der Waals surface area contributed by atoms with Crippen molar-refractivity contribution in [2.24, 2.45) is 0 Å². The van der Waals surface area contributed by atoms with Crippen molar-refractivity contribution in [3.8, 4) is 16.3 Å². The van der Waals surface area contributed by atoms with Crippen LogP contribution < -0.4 is 10.1 Å². The van der Waals surface area contributed by atoms with Gasteiger partial charge in [0.05, 0.1) is 0 Å². The summed E-state index contributed by atoms with van der Waals surface area (Å²) in [5, 5.41) is 12.3. The van der Waals surface area contributed by atoms with Crippen molar-refractivity contribution in [2.45, 2.75) is 33.3 Å². The van der Waals surface area contributed by atoms with Crippen LogP contribution >= 0.6 is 11.3 Å². The molecule has 6 heteroatoms. The molecule has 0 bridgehead atoms.